The van der Waals surface area contributed by atoms with Crippen molar-refractivity contribution in [3.8, 4) is 0 Å². The summed E-state index contributed by atoms with van der Waals surface area (Å²) in [6, 6.07) is 3.55. The Bertz CT molecular complexity index is 552. The van der Waals surface area contributed by atoms with Gasteiger partial charge in [-0.2, -0.15) is 0 Å². The number of nitrogens with one attached hydrogen (secondary N) is 2. The Morgan fingerprint density at radius 2 is 2.25 bits per heavy atom. The van der Waals surface area contributed by atoms with Gasteiger partial charge in [-0.25, -0.2) is 9.97 Å². The largest absolute Gasteiger partial charge is 0.369 e. The second-order valence-electron chi connectivity index (χ2n) is 4.52. The van der Waals surface area contributed by atoms with E-state index < -0.39 is 0 Å². The first-order valence-corrected chi connectivity index (χ1v) is 6.65. The lowest BCUT2D eigenvalue weighted by atomic mass is 10.2. The second-order valence-corrected chi connectivity index (χ2v) is 4.52. The molecule has 0 aromatic carbocycles. The number of carbonyl (C=O) groups is 1. The van der Waals surface area contributed by atoms with E-state index in [0.29, 0.717) is 17.9 Å². The van der Waals surface area contributed by atoms with Crippen LogP contribution in [0.1, 0.15) is 29.5 Å². The quantitative estimate of drug-likeness (QED) is 0.843. The van der Waals surface area contributed by atoms with E-state index in [-0.39, 0.29) is 5.91 Å². The fraction of sp³-hybridized carbons (Fsp3) is 0.357. The SMILES string of the molecule is CCCNc1ncccc1C(=O)N(C)Cc1ncc[nH]1. The summed E-state index contributed by atoms with van der Waals surface area (Å²) in [6.45, 7) is 3.30. The Balaban J connectivity index is 2.11. The van der Waals surface area contributed by atoms with Crippen molar-refractivity contribution >= 4 is 11.7 Å². The summed E-state index contributed by atoms with van der Waals surface area (Å²) in [5.41, 5.74) is 0.579. The molecular formula is C14H19N5O. The van der Waals surface area contributed by atoms with Crippen LogP contribution in [0.5, 0.6) is 0 Å². The van der Waals surface area contributed by atoms with E-state index in [0.717, 1.165) is 18.8 Å². The highest BCUT2D eigenvalue weighted by molar-refractivity contribution is 5.98. The third-order valence-electron chi connectivity index (χ3n) is 2.87. The molecule has 0 saturated carbocycles. The zero-order chi connectivity index (χ0) is 14.4. The summed E-state index contributed by atoms with van der Waals surface area (Å²) in [5.74, 6) is 1.31. The number of hydrogen-bond donors (Lipinski definition) is 2. The molecule has 2 rings (SSSR count). The smallest absolute Gasteiger partial charge is 0.257 e. The summed E-state index contributed by atoms with van der Waals surface area (Å²) >= 11 is 0. The molecule has 6 heteroatoms. The first kappa shape index (κ1) is 14.0. The number of imidazole rings is 1. The number of rotatable bonds is 6. The summed E-state index contributed by atoms with van der Waals surface area (Å²) in [5, 5.41) is 3.18. The highest BCUT2D eigenvalue weighted by atomic mass is 16.2. The minimum Gasteiger partial charge on any atom is -0.369 e. The van der Waals surface area contributed by atoms with Gasteiger partial charge in [0.1, 0.15) is 11.6 Å². The van der Waals surface area contributed by atoms with Crippen LogP contribution in [0.2, 0.25) is 0 Å². The third kappa shape index (κ3) is 3.34. The minimum atomic E-state index is -0.0758. The van der Waals surface area contributed by atoms with Gasteiger partial charge in [-0.1, -0.05) is 6.92 Å². The van der Waals surface area contributed by atoms with Gasteiger partial charge in [-0.05, 0) is 18.6 Å². The monoisotopic (exact) mass is 273 g/mol. The number of H-pyrrole nitrogens is 1. The van der Waals surface area contributed by atoms with Crippen LogP contribution >= 0.6 is 0 Å². The molecule has 0 spiro atoms. The van der Waals surface area contributed by atoms with Crippen molar-refractivity contribution in [3.63, 3.8) is 0 Å². The number of pyridine rings is 1. The average molecular weight is 273 g/mol. The Kier molecular flexibility index (Phi) is 4.70. The number of aromatic amines is 1. The molecule has 106 valence electrons. The molecule has 2 aromatic heterocycles. The number of hydrogen-bond acceptors (Lipinski definition) is 4. The van der Waals surface area contributed by atoms with Crippen LogP contribution in [-0.4, -0.2) is 39.4 Å². The van der Waals surface area contributed by atoms with Crippen LogP contribution in [0.15, 0.2) is 30.7 Å². The van der Waals surface area contributed by atoms with Crippen LogP contribution < -0.4 is 5.32 Å². The molecule has 0 fully saturated rings. The maximum atomic E-state index is 12.5. The highest BCUT2D eigenvalue weighted by Crippen LogP contribution is 2.14. The molecule has 0 radical (unpaired) electrons. The van der Waals surface area contributed by atoms with E-state index in [1.165, 1.54) is 0 Å². The Hall–Kier alpha value is -2.37. The van der Waals surface area contributed by atoms with Crippen molar-refractivity contribution in [2.45, 2.75) is 19.9 Å². The first-order valence-electron chi connectivity index (χ1n) is 6.65. The fourth-order valence-corrected chi connectivity index (χ4v) is 1.85. The van der Waals surface area contributed by atoms with Crippen molar-refractivity contribution in [1.82, 2.24) is 19.9 Å². The van der Waals surface area contributed by atoms with E-state index in [4.69, 9.17) is 0 Å². The summed E-state index contributed by atoms with van der Waals surface area (Å²) in [6.07, 6.45) is 6.08. The number of amides is 1. The maximum Gasteiger partial charge on any atom is 0.257 e. The van der Waals surface area contributed by atoms with Gasteiger partial charge >= 0.3 is 0 Å². The van der Waals surface area contributed by atoms with Crippen LogP contribution in [0.3, 0.4) is 0 Å². The van der Waals surface area contributed by atoms with Gasteiger partial charge in [0, 0.05) is 32.2 Å². The van der Waals surface area contributed by atoms with Crippen molar-refractivity contribution in [2.24, 2.45) is 0 Å². The van der Waals surface area contributed by atoms with E-state index in [1.807, 2.05) is 0 Å². The molecule has 0 bridgehead atoms. The lowest BCUT2D eigenvalue weighted by molar-refractivity contribution is 0.0782. The Morgan fingerprint density at radius 3 is 2.95 bits per heavy atom. The summed E-state index contributed by atoms with van der Waals surface area (Å²) < 4.78 is 0. The fourth-order valence-electron chi connectivity index (χ4n) is 1.85. The number of carbonyl (C=O) groups excluding carboxylic acids is 1. The van der Waals surface area contributed by atoms with Crippen LogP contribution in [0, 0.1) is 0 Å². The zero-order valence-electron chi connectivity index (χ0n) is 11.8. The minimum absolute atomic E-state index is 0.0758. The van der Waals surface area contributed by atoms with E-state index in [9.17, 15) is 4.79 Å². The van der Waals surface area contributed by atoms with Gasteiger partial charge in [-0.15, -0.1) is 0 Å². The van der Waals surface area contributed by atoms with Gasteiger partial charge in [0.25, 0.3) is 5.91 Å². The first-order chi connectivity index (χ1) is 9.72. The van der Waals surface area contributed by atoms with Gasteiger partial charge in [0.2, 0.25) is 0 Å². The summed E-state index contributed by atoms with van der Waals surface area (Å²) in [7, 11) is 1.75. The number of aromatic nitrogens is 3. The molecule has 20 heavy (non-hydrogen) atoms. The Labute approximate surface area is 118 Å². The zero-order valence-corrected chi connectivity index (χ0v) is 11.8. The van der Waals surface area contributed by atoms with Crippen LogP contribution in [-0.2, 0) is 6.54 Å². The molecule has 0 aliphatic heterocycles. The van der Waals surface area contributed by atoms with Crippen LogP contribution in [0.4, 0.5) is 5.82 Å². The van der Waals surface area contributed by atoms with Gasteiger partial charge in [-0.3, -0.25) is 4.79 Å². The number of nitrogens with zero attached hydrogens (tertiary/aromatic N) is 3. The Morgan fingerprint density at radius 1 is 1.40 bits per heavy atom. The molecule has 0 atom stereocenters. The van der Waals surface area contributed by atoms with Crippen LogP contribution in [0.25, 0.3) is 0 Å². The van der Waals surface area contributed by atoms with Crippen molar-refractivity contribution in [2.75, 3.05) is 18.9 Å². The van der Waals surface area contributed by atoms with Gasteiger partial charge in [0.05, 0.1) is 12.1 Å². The van der Waals surface area contributed by atoms with Crippen molar-refractivity contribution < 1.29 is 4.79 Å². The molecule has 2 N–H and O–H groups in total. The molecule has 2 heterocycles. The average Bonchev–Trinajstić information content (AvgIpc) is 2.97. The lowest BCUT2D eigenvalue weighted by Gasteiger charge is -2.17. The molecule has 6 nitrogen and oxygen atoms in total. The molecule has 2 aromatic rings. The number of anilines is 1. The van der Waals surface area contributed by atoms with E-state index >= 15 is 0 Å². The van der Waals surface area contributed by atoms with E-state index in [2.05, 4.69) is 27.2 Å². The second kappa shape index (κ2) is 6.70. The van der Waals surface area contributed by atoms with Crippen molar-refractivity contribution in [1.29, 1.82) is 0 Å². The van der Waals surface area contributed by atoms with Gasteiger partial charge in [0.15, 0.2) is 0 Å². The lowest BCUT2D eigenvalue weighted by Crippen LogP contribution is -2.27. The maximum absolute atomic E-state index is 12.5. The molecule has 0 aliphatic rings. The molecule has 0 saturated heterocycles. The molecule has 0 aliphatic carbocycles. The normalized spacial score (nSPS) is 10.3. The topological polar surface area (TPSA) is 73.9 Å². The molecular weight excluding hydrogens is 254 g/mol. The predicted octanol–water partition coefficient (Wildman–Crippen LogP) is 1.90. The molecule has 1 amide bonds. The predicted molar refractivity (Wildman–Crippen MR) is 77.4 cm³/mol. The van der Waals surface area contributed by atoms with E-state index in [1.54, 1.807) is 42.7 Å². The van der Waals surface area contributed by atoms with Gasteiger partial charge < -0.3 is 15.2 Å². The highest BCUT2D eigenvalue weighted by Gasteiger charge is 2.17. The molecule has 0 unspecified atom stereocenters. The van der Waals surface area contributed by atoms with Crippen molar-refractivity contribution in [3.05, 3.63) is 42.1 Å². The summed E-state index contributed by atoms with van der Waals surface area (Å²) in [4.78, 5) is 25.4. The standard InChI is InChI=1S/C14H19N5O/c1-3-6-17-13-11(5-4-7-18-13)14(20)19(2)10-12-15-8-9-16-12/h4-5,7-9H,3,6,10H2,1-2H3,(H,15,16)(H,17,18). The third-order valence-corrected chi connectivity index (χ3v) is 2.87.